The van der Waals surface area contributed by atoms with E-state index in [-0.39, 0.29) is 11.7 Å². The number of hydrogen-bond donors (Lipinski definition) is 1. The highest BCUT2D eigenvalue weighted by molar-refractivity contribution is 5.96. The van der Waals surface area contributed by atoms with E-state index >= 15 is 0 Å². The molecule has 0 radical (unpaired) electrons. The quantitative estimate of drug-likeness (QED) is 0.0890. The van der Waals surface area contributed by atoms with Crippen molar-refractivity contribution >= 4 is 27.6 Å². The van der Waals surface area contributed by atoms with Gasteiger partial charge in [0.15, 0.2) is 0 Å². The van der Waals surface area contributed by atoms with Crippen molar-refractivity contribution in [1.82, 2.24) is 0 Å². The first-order valence-corrected chi connectivity index (χ1v) is 18.3. The number of fused-ring (bicyclic) bond motifs is 6. The van der Waals surface area contributed by atoms with Crippen LogP contribution in [0.1, 0.15) is 44.9 Å². The minimum Gasteiger partial charge on any atom is -0.508 e. The van der Waals surface area contributed by atoms with E-state index in [9.17, 15) is 5.11 Å². The number of hydrogen-bond acceptors (Lipinski definition) is 6. The van der Waals surface area contributed by atoms with E-state index in [2.05, 4.69) is 48.9 Å². The van der Waals surface area contributed by atoms with Crippen molar-refractivity contribution < 1.29 is 28.8 Å². The largest absolute Gasteiger partial charge is 0.508 e. The fourth-order valence-corrected chi connectivity index (χ4v) is 7.10. The Hall–Kier alpha value is -6.52. The molecule has 1 N–H and O–H groups in total. The maximum Gasteiger partial charge on any atom is 0.132 e. The van der Waals surface area contributed by atoms with E-state index < -0.39 is 0 Å². The molecule has 6 nitrogen and oxygen atoms in total. The number of benzene rings is 7. The second-order valence-corrected chi connectivity index (χ2v) is 13.4. The van der Waals surface area contributed by atoms with Gasteiger partial charge in [0.1, 0.15) is 42.0 Å². The third-order valence-electron chi connectivity index (χ3n) is 9.88. The van der Waals surface area contributed by atoms with Gasteiger partial charge in [-0.25, -0.2) is 0 Å². The van der Waals surface area contributed by atoms with Gasteiger partial charge in [0, 0.05) is 22.6 Å². The van der Waals surface area contributed by atoms with Crippen LogP contribution in [0.15, 0.2) is 140 Å². The number of ether oxygens (including phenoxy) is 5. The summed E-state index contributed by atoms with van der Waals surface area (Å²) < 4.78 is 30.6. The molecule has 7 aromatic rings. The summed E-state index contributed by atoms with van der Waals surface area (Å²) in [5.74, 6) is 5.81. The number of terminal acetylenes is 1. The second-order valence-electron chi connectivity index (χ2n) is 13.4. The summed E-state index contributed by atoms with van der Waals surface area (Å²) in [4.78, 5) is 0. The van der Waals surface area contributed by atoms with Gasteiger partial charge in [0.2, 0.25) is 0 Å². The summed E-state index contributed by atoms with van der Waals surface area (Å²) in [5.41, 5.74) is 7.27. The average Bonchev–Trinajstić information content (AvgIpc) is 3.23. The number of phenols is 1. The molecule has 0 amide bonds. The molecule has 272 valence electrons. The Kier molecular flexibility index (Phi) is 10.5. The average molecular weight is 725 g/mol. The van der Waals surface area contributed by atoms with Crippen LogP contribution in [0, 0.1) is 12.3 Å². The molecule has 1 heterocycles. The molecule has 0 spiro atoms. The second kappa shape index (κ2) is 16.2. The Bertz CT molecular complexity index is 2500. The fraction of sp³-hybridized carbons (Fsp3) is 0.143. The molecular weight excluding hydrogens is 685 g/mol. The highest BCUT2D eigenvalue weighted by Gasteiger charge is 2.32. The van der Waals surface area contributed by atoms with Gasteiger partial charge >= 0.3 is 0 Å². The van der Waals surface area contributed by atoms with Crippen LogP contribution in [0.2, 0.25) is 0 Å². The Morgan fingerprint density at radius 2 is 1.15 bits per heavy atom. The van der Waals surface area contributed by atoms with Crippen LogP contribution in [0.3, 0.4) is 0 Å². The molecule has 1 atom stereocenters. The van der Waals surface area contributed by atoms with E-state index in [0.29, 0.717) is 39.6 Å². The Balaban J connectivity index is 1.01. The third kappa shape index (κ3) is 7.90. The number of aromatic hydroxyl groups is 1. The van der Waals surface area contributed by atoms with Gasteiger partial charge in [0.25, 0.3) is 0 Å². The summed E-state index contributed by atoms with van der Waals surface area (Å²) in [6, 6.07) is 44.0. The molecule has 0 bridgehead atoms. The topological polar surface area (TPSA) is 66.4 Å². The fourth-order valence-electron chi connectivity index (χ4n) is 7.10. The standard InChI is InChI=1S/C49H40O6/c1-3-33-5-9-35(10-6-33)31-51-25-27-53-41-19-21-43-38(29-41)15-23-45-48(43)47(37-13-17-40(50)18-14-37)49-44-22-20-42(30-39(44)16-24-46(49)55-45)54-28-26-52-32-36-11-7-34(4-2)8-12-36/h1,4-24,29-30,47,50H,2,25-28,31-32H2. The Labute approximate surface area is 321 Å². The molecule has 1 unspecified atom stereocenters. The molecule has 0 aromatic heterocycles. The summed E-state index contributed by atoms with van der Waals surface area (Å²) in [7, 11) is 0. The van der Waals surface area contributed by atoms with E-state index in [1.165, 1.54) is 0 Å². The first kappa shape index (κ1) is 35.5. The van der Waals surface area contributed by atoms with Crippen LogP contribution in [0.5, 0.6) is 28.7 Å². The predicted molar refractivity (Wildman–Crippen MR) is 218 cm³/mol. The normalized spacial score (nSPS) is 13.0. The van der Waals surface area contributed by atoms with Gasteiger partial charge in [-0.1, -0.05) is 91.4 Å². The van der Waals surface area contributed by atoms with Gasteiger partial charge in [-0.15, -0.1) is 6.42 Å². The van der Waals surface area contributed by atoms with E-state index in [1.807, 2.05) is 91.0 Å². The van der Waals surface area contributed by atoms with Crippen molar-refractivity contribution in [2.45, 2.75) is 19.1 Å². The third-order valence-corrected chi connectivity index (χ3v) is 9.88. The zero-order valence-corrected chi connectivity index (χ0v) is 30.4. The van der Waals surface area contributed by atoms with Crippen LogP contribution >= 0.6 is 0 Å². The summed E-state index contributed by atoms with van der Waals surface area (Å²) in [5, 5.41) is 14.4. The molecule has 0 saturated heterocycles. The number of rotatable bonds is 14. The van der Waals surface area contributed by atoms with E-state index in [0.717, 1.165) is 83.5 Å². The molecule has 7 aromatic carbocycles. The molecule has 0 saturated carbocycles. The smallest absolute Gasteiger partial charge is 0.132 e. The Morgan fingerprint density at radius 1 is 0.618 bits per heavy atom. The molecule has 55 heavy (non-hydrogen) atoms. The summed E-state index contributed by atoms with van der Waals surface area (Å²) >= 11 is 0. The van der Waals surface area contributed by atoms with E-state index in [4.69, 9.17) is 30.1 Å². The Morgan fingerprint density at radius 3 is 1.65 bits per heavy atom. The van der Waals surface area contributed by atoms with Gasteiger partial charge in [-0.2, -0.15) is 0 Å². The summed E-state index contributed by atoms with van der Waals surface area (Å²) in [6.45, 7) is 6.58. The number of phenolic OH excluding ortho intramolecular Hbond substituents is 1. The molecule has 6 heteroatoms. The highest BCUT2D eigenvalue weighted by atomic mass is 16.5. The lowest BCUT2D eigenvalue weighted by molar-refractivity contribution is 0.0889. The molecule has 0 fully saturated rings. The van der Waals surface area contributed by atoms with Crippen molar-refractivity contribution in [3.8, 4) is 41.1 Å². The van der Waals surface area contributed by atoms with Crippen LogP contribution in [-0.4, -0.2) is 31.5 Å². The van der Waals surface area contributed by atoms with Crippen molar-refractivity contribution in [1.29, 1.82) is 0 Å². The van der Waals surface area contributed by atoms with Gasteiger partial charge in [0.05, 0.1) is 26.4 Å². The van der Waals surface area contributed by atoms with E-state index in [1.54, 1.807) is 12.1 Å². The van der Waals surface area contributed by atoms with Crippen LogP contribution < -0.4 is 14.2 Å². The minimum absolute atomic E-state index is 0.165. The first-order chi connectivity index (χ1) is 27.1. The molecule has 0 aliphatic carbocycles. The lowest BCUT2D eigenvalue weighted by Crippen LogP contribution is -2.13. The maximum absolute atomic E-state index is 10.2. The van der Waals surface area contributed by atoms with Crippen molar-refractivity contribution in [3.63, 3.8) is 0 Å². The maximum atomic E-state index is 10.2. The van der Waals surface area contributed by atoms with Gasteiger partial charge in [-0.05, 0) is 104 Å². The molecular formula is C49H40O6. The van der Waals surface area contributed by atoms with Gasteiger partial charge in [-0.3, -0.25) is 0 Å². The van der Waals surface area contributed by atoms with Crippen molar-refractivity contribution in [3.05, 3.63) is 179 Å². The minimum atomic E-state index is -0.165. The van der Waals surface area contributed by atoms with Crippen LogP contribution in [-0.2, 0) is 22.7 Å². The zero-order valence-electron chi connectivity index (χ0n) is 30.4. The summed E-state index contributed by atoms with van der Waals surface area (Å²) in [6.07, 6.45) is 7.29. The van der Waals surface area contributed by atoms with Crippen LogP contribution in [0.4, 0.5) is 0 Å². The van der Waals surface area contributed by atoms with Gasteiger partial charge < -0.3 is 28.8 Å². The molecule has 1 aliphatic heterocycles. The lowest BCUT2D eigenvalue weighted by Gasteiger charge is -2.31. The van der Waals surface area contributed by atoms with Crippen molar-refractivity contribution in [2.75, 3.05) is 26.4 Å². The lowest BCUT2D eigenvalue weighted by atomic mass is 9.78. The zero-order chi connectivity index (χ0) is 37.6. The first-order valence-electron chi connectivity index (χ1n) is 18.3. The van der Waals surface area contributed by atoms with Crippen molar-refractivity contribution in [2.24, 2.45) is 0 Å². The van der Waals surface area contributed by atoms with Crippen LogP contribution in [0.25, 0.3) is 27.6 Å². The monoisotopic (exact) mass is 724 g/mol. The predicted octanol–water partition coefficient (Wildman–Crippen LogP) is 10.8. The SMILES string of the molecule is C#Cc1ccc(COCCOc2ccc3c4c(ccc3c2)Oc2ccc3cc(OCCOCc5ccc(C=C)cc5)ccc3c2C4c2ccc(O)cc2)cc1. The highest BCUT2D eigenvalue weighted by Crippen LogP contribution is 2.52. The molecule has 1 aliphatic rings. The molecule has 8 rings (SSSR count).